The van der Waals surface area contributed by atoms with E-state index in [9.17, 15) is 40.9 Å². The largest absolute Gasteiger partial charge is 0.394 e. The molecular weight excluding hydrogens is 336 g/mol. The summed E-state index contributed by atoms with van der Waals surface area (Å²) < 4.78 is 0. The second-order valence-corrected chi connectivity index (χ2v) is 5.42. The van der Waals surface area contributed by atoms with Crippen molar-refractivity contribution in [2.24, 2.45) is 0 Å². The number of hydrogen-bond donors (Lipinski definition) is 12. The maximum absolute atomic E-state index is 9.68. The molecule has 0 bridgehead atoms. The minimum Gasteiger partial charge on any atom is -0.394 e. The topological polar surface area (TPSA) is 243 Å². The lowest BCUT2D eigenvalue weighted by molar-refractivity contribution is -0.193. The van der Waals surface area contributed by atoms with Crippen molar-refractivity contribution in [3.05, 3.63) is 0 Å². The van der Waals surface area contributed by atoms with Crippen LogP contribution in [0.1, 0.15) is 0 Å². The minimum atomic E-state index is -2.36. The molecule has 0 heterocycles. The molecule has 12 nitrogen and oxygen atoms in total. The lowest BCUT2D eigenvalue weighted by atomic mass is 9.91. The Balaban J connectivity index is 4.92. The van der Waals surface area contributed by atoms with Crippen molar-refractivity contribution in [3.63, 3.8) is 0 Å². The molecule has 0 aromatic heterocycles. The van der Waals surface area contributed by atoms with Crippen molar-refractivity contribution in [2.45, 2.75) is 61.0 Å². The van der Waals surface area contributed by atoms with Crippen LogP contribution in [-0.4, -0.2) is 136 Å². The summed E-state index contributed by atoms with van der Waals surface area (Å²) in [4.78, 5) is 0. The number of aliphatic hydroxyl groups is 12. The highest BCUT2D eigenvalue weighted by molar-refractivity contribution is 4.93. The van der Waals surface area contributed by atoms with Gasteiger partial charge in [-0.05, 0) is 0 Å². The van der Waals surface area contributed by atoms with E-state index in [0.29, 0.717) is 0 Å². The summed E-state index contributed by atoms with van der Waals surface area (Å²) in [6, 6.07) is 0. The van der Waals surface area contributed by atoms with Crippen LogP contribution in [0.15, 0.2) is 0 Å². The molecule has 12 heteroatoms. The van der Waals surface area contributed by atoms with E-state index in [1.165, 1.54) is 0 Å². The summed E-state index contributed by atoms with van der Waals surface area (Å²) in [6.45, 7) is -1.95. The SMILES string of the molecule is OCC(O)C(O)C(O)C(O)C(O)C(O)C(O)C(O)C(O)C(O)CO. The van der Waals surface area contributed by atoms with Gasteiger partial charge in [0.2, 0.25) is 0 Å². The average Bonchev–Trinajstić information content (AvgIpc) is 2.61. The third kappa shape index (κ3) is 5.80. The smallest absolute Gasteiger partial charge is 0.111 e. The van der Waals surface area contributed by atoms with Gasteiger partial charge in [-0.2, -0.15) is 0 Å². The summed E-state index contributed by atoms with van der Waals surface area (Å²) in [6.07, 6.45) is -21.8. The first kappa shape index (κ1) is 23.5. The normalized spacial score (nSPS) is 25.0. The van der Waals surface area contributed by atoms with Gasteiger partial charge < -0.3 is 61.3 Å². The summed E-state index contributed by atoms with van der Waals surface area (Å²) in [7, 11) is 0. The second kappa shape index (κ2) is 10.5. The Labute approximate surface area is 136 Å². The Bertz CT molecular complexity index is 312. The van der Waals surface area contributed by atoms with Crippen molar-refractivity contribution < 1.29 is 61.3 Å². The Kier molecular flexibility index (Phi) is 10.3. The van der Waals surface area contributed by atoms with E-state index in [0.717, 1.165) is 0 Å². The molecule has 0 rings (SSSR count). The zero-order chi connectivity index (χ0) is 19.2. The van der Waals surface area contributed by atoms with Crippen molar-refractivity contribution >= 4 is 0 Å². The van der Waals surface area contributed by atoms with Gasteiger partial charge in [0.1, 0.15) is 61.0 Å². The first-order chi connectivity index (χ1) is 11.0. The molecule has 0 aromatic carbocycles. The molecule has 0 radical (unpaired) electrons. The fourth-order valence-corrected chi connectivity index (χ4v) is 1.88. The summed E-state index contributed by atoms with van der Waals surface area (Å²) >= 11 is 0. The van der Waals surface area contributed by atoms with E-state index in [1.54, 1.807) is 0 Å². The monoisotopic (exact) mass is 362 g/mol. The molecule has 0 aromatic rings. The van der Waals surface area contributed by atoms with Gasteiger partial charge in [0.25, 0.3) is 0 Å². The molecule has 10 atom stereocenters. The molecule has 12 N–H and O–H groups in total. The van der Waals surface area contributed by atoms with Crippen LogP contribution in [0.2, 0.25) is 0 Å². The standard InChI is InChI=1S/C12H26O12/c13-1-3(15)5(17)7(19)9(21)11(23)12(24)10(22)8(20)6(18)4(16)2-14/h3-24H,1-2H2. The van der Waals surface area contributed by atoms with Gasteiger partial charge in [-0.3, -0.25) is 0 Å². The molecule has 146 valence electrons. The molecule has 0 aliphatic heterocycles. The third-order valence-corrected chi connectivity index (χ3v) is 3.61. The highest BCUT2D eigenvalue weighted by atomic mass is 16.4. The number of aliphatic hydroxyl groups excluding tert-OH is 12. The Morgan fingerprint density at radius 2 is 0.500 bits per heavy atom. The first-order valence-corrected chi connectivity index (χ1v) is 7.03. The third-order valence-electron chi connectivity index (χ3n) is 3.61. The fourth-order valence-electron chi connectivity index (χ4n) is 1.88. The van der Waals surface area contributed by atoms with Crippen molar-refractivity contribution in [1.82, 2.24) is 0 Å². The van der Waals surface area contributed by atoms with Crippen LogP contribution in [0.4, 0.5) is 0 Å². The van der Waals surface area contributed by atoms with Crippen LogP contribution in [-0.2, 0) is 0 Å². The highest BCUT2D eigenvalue weighted by Gasteiger charge is 2.42. The minimum absolute atomic E-state index is 0.976. The van der Waals surface area contributed by atoms with Gasteiger partial charge in [-0.1, -0.05) is 0 Å². The Hall–Kier alpha value is -0.480. The fraction of sp³-hybridized carbons (Fsp3) is 1.00. The van der Waals surface area contributed by atoms with E-state index in [4.69, 9.17) is 20.4 Å². The van der Waals surface area contributed by atoms with Gasteiger partial charge >= 0.3 is 0 Å². The second-order valence-electron chi connectivity index (χ2n) is 5.42. The summed E-state index contributed by atoms with van der Waals surface area (Å²) in [5, 5.41) is 112. The van der Waals surface area contributed by atoms with Crippen LogP contribution < -0.4 is 0 Å². The molecule has 0 fully saturated rings. The molecule has 0 saturated carbocycles. The predicted molar refractivity (Wildman–Crippen MR) is 74.2 cm³/mol. The lowest BCUT2D eigenvalue weighted by Gasteiger charge is -2.34. The molecule has 0 saturated heterocycles. The number of hydrogen-bond acceptors (Lipinski definition) is 12. The number of rotatable bonds is 11. The summed E-state index contributed by atoms with van der Waals surface area (Å²) in [5.74, 6) is 0. The zero-order valence-electron chi connectivity index (χ0n) is 12.6. The Morgan fingerprint density at radius 1 is 0.333 bits per heavy atom. The summed E-state index contributed by atoms with van der Waals surface area (Å²) in [5.41, 5.74) is 0. The van der Waals surface area contributed by atoms with Gasteiger partial charge in [0.05, 0.1) is 13.2 Å². The zero-order valence-corrected chi connectivity index (χ0v) is 12.6. The highest BCUT2D eigenvalue weighted by Crippen LogP contribution is 2.16. The maximum atomic E-state index is 9.68. The molecule has 0 aliphatic rings. The van der Waals surface area contributed by atoms with Crippen LogP contribution in [0.5, 0.6) is 0 Å². The predicted octanol–water partition coefficient (Wildman–Crippen LogP) is -7.42. The molecular formula is C12H26O12. The first-order valence-electron chi connectivity index (χ1n) is 7.03. The van der Waals surface area contributed by atoms with Crippen molar-refractivity contribution in [2.75, 3.05) is 13.2 Å². The van der Waals surface area contributed by atoms with Crippen molar-refractivity contribution in [3.8, 4) is 0 Å². The van der Waals surface area contributed by atoms with Crippen LogP contribution in [0.3, 0.4) is 0 Å². The van der Waals surface area contributed by atoms with Crippen LogP contribution in [0, 0.1) is 0 Å². The van der Waals surface area contributed by atoms with E-state index in [2.05, 4.69) is 0 Å². The van der Waals surface area contributed by atoms with E-state index >= 15 is 0 Å². The lowest BCUT2D eigenvalue weighted by Crippen LogP contribution is -2.58. The molecule has 0 amide bonds. The van der Waals surface area contributed by atoms with E-state index in [1.807, 2.05) is 0 Å². The molecule has 10 unspecified atom stereocenters. The van der Waals surface area contributed by atoms with E-state index < -0.39 is 74.3 Å². The molecule has 0 aliphatic carbocycles. The average molecular weight is 362 g/mol. The van der Waals surface area contributed by atoms with Gasteiger partial charge in [0.15, 0.2) is 0 Å². The van der Waals surface area contributed by atoms with Crippen LogP contribution >= 0.6 is 0 Å². The van der Waals surface area contributed by atoms with Crippen LogP contribution in [0.25, 0.3) is 0 Å². The van der Waals surface area contributed by atoms with E-state index in [-0.39, 0.29) is 0 Å². The maximum Gasteiger partial charge on any atom is 0.111 e. The molecule has 0 spiro atoms. The van der Waals surface area contributed by atoms with Gasteiger partial charge in [-0.25, -0.2) is 0 Å². The quantitative estimate of drug-likeness (QED) is 0.164. The Morgan fingerprint density at radius 3 is 0.667 bits per heavy atom. The van der Waals surface area contributed by atoms with Crippen molar-refractivity contribution in [1.29, 1.82) is 0 Å². The molecule has 24 heavy (non-hydrogen) atoms. The van der Waals surface area contributed by atoms with Gasteiger partial charge in [-0.15, -0.1) is 0 Å². The van der Waals surface area contributed by atoms with Gasteiger partial charge in [0, 0.05) is 0 Å².